The molecule has 0 spiro atoms. The quantitative estimate of drug-likeness (QED) is 0.783. The monoisotopic (exact) mass is 299 g/mol. The van der Waals surface area contributed by atoms with E-state index in [2.05, 4.69) is 15.1 Å². The highest BCUT2D eigenvalue weighted by atomic mass is 32.2. The van der Waals surface area contributed by atoms with Crippen molar-refractivity contribution in [2.75, 3.05) is 0 Å². The van der Waals surface area contributed by atoms with Crippen molar-refractivity contribution in [2.45, 2.75) is 4.34 Å². The van der Waals surface area contributed by atoms with E-state index in [-0.39, 0.29) is 9.14 Å². The van der Waals surface area contributed by atoms with Crippen LogP contribution in [0.5, 0.6) is 0 Å². The van der Waals surface area contributed by atoms with Gasteiger partial charge < -0.3 is 0 Å². The Morgan fingerprint density at radius 1 is 1.42 bits per heavy atom. The largest absolute Gasteiger partial charge is 0.279 e. The average Bonchev–Trinajstić information content (AvgIpc) is 2.72. The second kappa shape index (κ2) is 4.99. The van der Waals surface area contributed by atoms with Crippen LogP contribution in [0.2, 0.25) is 0 Å². The highest BCUT2D eigenvalue weighted by Crippen LogP contribution is 2.05. The van der Waals surface area contributed by atoms with Crippen LogP contribution >= 0.6 is 11.3 Å². The molecule has 0 saturated heterocycles. The highest BCUT2D eigenvalue weighted by Gasteiger charge is 2.15. The molecule has 10 heteroatoms. The molecular formula is C9H9N5O3S2. The van der Waals surface area contributed by atoms with Gasteiger partial charge in [-0.15, -0.1) is 5.10 Å². The van der Waals surface area contributed by atoms with E-state index in [0.29, 0.717) is 5.56 Å². The first-order valence-electron chi connectivity index (χ1n) is 4.94. The Morgan fingerprint density at radius 3 is 2.58 bits per heavy atom. The number of amides is 1. The molecule has 0 fully saturated rings. The molecule has 19 heavy (non-hydrogen) atoms. The Morgan fingerprint density at radius 2 is 2.05 bits per heavy atom. The van der Waals surface area contributed by atoms with Gasteiger partial charge >= 0.3 is 0 Å². The van der Waals surface area contributed by atoms with E-state index >= 15 is 0 Å². The maximum absolute atomic E-state index is 11.8. The molecule has 0 bridgehead atoms. The van der Waals surface area contributed by atoms with E-state index in [0.717, 1.165) is 11.3 Å². The van der Waals surface area contributed by atoms with E-state index in [9.17, 15) is 13.2 Å². The molecule has 2 aromatic heterocycles. The summed E-state index contributed by atoms with van der Waals surface area (Å²) in [4.78, 5) is 19.5. The number of nitrogens with two attached hydrogens (primary N) is 1. The van der Waals surface area contributed by atoms with Crippen LogP contribution in [-0.4, -0.2) is 29.1 Å². The van der Waals surface area contributed by atoms with Crippen LogP contribution in [0.15, 0.2) is 33.9 Å². The van der Waals surface area contributed by atoms with E-state index < -0.39 is 15.9 Å². The molecular weight excluding hydrogens is 290 g/mol. The summed E-state index contributed by atoms with van der Waals surface area (Å²) < 4.78 is 23.2. The van der Waals surface area contributed by atoms with Gasteiger partial charge in [-0.05, 0) is 12.1 Å². The zero-order chi connectivity index (χ0) is 14.0. The van der Waals surface area contributed by atoms with Gasteiger partial charge in [0.05, 0.1) is 0 Å². The predicted molar refractivity (Wildman–Crippen MR) is 66.6 cm³/mol. The minimum absolute atomic E-state index is 0.144. The summed E-state index contributed by atoms with van der Waals surface area (Å²) in [6, 6.07) is 3.01. The third-order valence-corrected chi connectivity index (χ3v) is 4.36. The number of carbonyl (C=O) groups is 1. The molecule has 0 aliphatic rings. The van der Waals surface area contributed by atoms with Crippen molar-refractivity contribution in [3.05, 3.63) is 34.9 Å². The van der Waals surface area contributed by atoms with Gasteiger partial charge in [-0.2, -0.15) is 4.99 Å². The SMILES string of the molecule is Cn1nc(S(N)(=O)=O)sc1=NC(=O)c1ccncc1. The van der Waals surface area contributed by atoms with Crippen LogP contribution < -0.4 is 9.94 Å². The van der Waals surface area contributed by atoms with Gasteiger partial charge in [0.2, 0.25) is 9.14 Å². The number of rotatable bonds is 2. The number of pyridine rings is 1. The van der Waals surface area contributed by atoms with Crippen molar-refractivity contribution in [3.8, 4) is 0 Å². The first-order chi connectivity index (χ1) is 8.88. The number of carbonyl (C=O) groups excluding carboxylic acids is 1. The van der Waals surface area contributed by atoms with E-state index in [4.69, 9.17) is 5.14 Å². The molecule has 2 rings (SSSR count). The number of sulfonamides is 1. The van der Waals surface area contributed by atoms with E-state index in [1.54, 1.807) is 0 Å². The lowest BCUT2D eigenvalue weighted by molar-refractivity contribution is 0.0997. The van der Waals surface area contributed by atoms with Crippen molar-refractivity contribution in [1.82, 2.24) is 14.8 Å². The van der Waals surface area contributed by atoms with Crippen molar-refractivity contribution < 1.29 is 13.2 Å². The fraction of sp³-hybridized carbons (Fsp3) is 0.111. The number of hydrogen-bond donors (Lipinski definition) is 1. The lowest BCUT2D eigenvalue weighted by Crippen LogP contribution is -2.15. The molecule has 0 aliphatic carbocycles. The molecule has 0 aliphatic heterocycles. The Kier molecular flexibility index (Phi) is 3.55. The number of aromatic nitrogens is 3. The normalized spacial score (nSPS) is 12.6. The van der Waals surface area contributed by atoms with Crippen LogP contribution in [0.1, 0.15) is 10.4 Å². The van der Waals surface area contributed by atoms with Crippen molar-refractivity contribution >= 4 is 27.3 Å². The minimum atomic E-state index is -3.90. The summed E-state index contributed by atoms with van der Waals surface area (Å²) in [6.45, 7) is 0. The third-order valence-electron chi connectivity index (χ3n) is 2.05. The summed E-state index contributed by atoms with van der Waals surface area (Å²) in [5.74, 6) is -0.511. The topological polar surface area (TPSA) is 120 Å². The smallest absolute Gasteiger partial charge is 0.267 e. The van der Waals surface area contributed by atoms with Gasteiger partial charge in [-0.3, -0.25) is 9.78 Å². The molecule has 2 aromatic rings. The lowest BCUT2D eigenvalue weighted by Gasteiger charge is -1.92. The van der Waals surface area contributed by atoms with Crippen LogP contribution in [0, 0.1) is 0 Å². The lowest BCUT2D eigenvalue weighted by atomic mass is 10.3. The van der Waals surface area contributed by atoms with Crippen LogP contribution in [0.4, 0.5) is 0 Å². The summed E-state index contributed by atoms with van der Waals surface area (Å²) in [7, 11) is -2.42. The molecule has 0 unspecified atom stereocenters. The maximum atomic E-state index is 11.8. The molecule has 0 saturated carbocycles. The Balaban J connectivity index is 2.46. The second-order valence-corrected chi connectivity index (χ2v) is 6.16. The second-order valence-electron chi connectivity index (χ2n) is 3.47. The molecule has 8 nitrogen and oxygen atoms in total. The minimum Gasteiger partial charge on any atom is -0.267 e. The Labute approximate surface area is 112 Å². The summed E-state index contributed by atoms with van der Waals surface area (Å²) in [5.41, 5.74) is 0.348. The van der Waals surface area contributed by atoms with Gasteiger partial charge in [-0.25, -0.2) is 18.2 Å². The third kappa shape index (κ3) is 3.10. The summed E-state index contributed by atoms with van der Waals surface area (Å²) in [5, 5.41) is 8.65. The summed E-state index contributed by atoms with van der Waals surface area (Å²) in [6.07, 6.45) is 2.93. The number of primary sulfonamides is 1. The Hall–Kier alpha value is -1.91. The maximum Gasteiger partial charge on any atom is 0.279 e. The first kappa shape index (κ1) is 13.5. The molecule has 2 N–H and O–H groups in total. The molecule has 0 radical (unpaired) electrons. The van der Waals surface area contributed by atoms with Gasteiger partial charge in [0.1, 0.15) is 0 Å². The fourth-order valence-electron chi connectivity index (χ4n) is 1.19. The zero-order valence-electron chi connectivity index (χ0n) is 9.72. The molecule has 2 heterocycles. The molecule has 100 valence electrons. The van der Waals surface area contributed by atoms with E-state index in [1.807, 2.05) is 0 Å². The van der Waals surface area contributed by atoms with Crippen LogP contribution in [0.3, 0.4) is 0 Å². The molecule has 0 atom stereocenters. The van der Waals surface area contributed by atoms with Crippen LogP contribution in [-0.2, 0) is 17.1 Å². The number of aryl methyl sites for hydroxylation is 1. The van der Waals surface area contributed by atoms with Crippen molar-refractivity contribution in [1.29, 1.82) is 0 Å². The standard InChI is InChI=1S/C9H9N5O3S2/c1-14-8(18-9(13-14)19(10,16)17)12-7(15)6-2-4-11-5-3-6/h2-5H,1H3,(H2,10,16,17). The summed E-state index contributed by atoms with van der Waals surface area (Å²) >= 11 is 0.725. The van der Waals surface area contributed by atoms with Gasteiger partial charge in [-0.1, -0.05) is 11.3 Å². The van der Waals surface area contributed by atoms with E-state index in [1.165, 1.54) is 36.3 Å². The van der Waals surface area contributed by atoms with Crippen molar-refractivity contribution in [3.63, 3.8) is 0 Å². The zero-order valence-corrected chi connectivity index (χ0v) is 11.3. The highest BCUT2D eigenvalue weighted by molar-refractivity contribution is 7.91. The van der Waals surface area contributed by atoms with Gasteiger partial charge in [0, 0.05) is 25.0 Å². The number of nitrogens with zero attached hydrogens (tertiary/aromatic N) is 4. The predicted octanol–water partition coefficient (Wildman–Crippen LogP) is -0.735. The Bertz CT molecular complexity index is 776. The van der Waals surface area contributed by atoms with Gasteiger partial charge in [0.25, 0.3) is 15.9 Å². The molecule has 0 aromatic carbocycles. The first-order valence-corrected chi connectivity index (χ1v) is 7.30. The van der Waals surface area contributed by atoms with Gasteiger partial charge in [0.15, 0.2) is 0 Å². The van der Waals surface area contributed by atoms with Crippen LogP contribution in [0.25, 0.3) is 0 Å². The average molecular weight is 299 g/mol. The van der Waals surface area contributed by atoms with Crippen molar-refractivity contribution in [2.24, 2.45) is 17.2 Å². The fourth-order valence-corrected chi connectivity index (χ4v) is 2.73. The molecule has 1 amide bonds. The number of hydrogen-bond acceptors (Lipinski definition) is 6.